The smallest absolute Gasteiger partial charge is 0.404 e. The third-order valence-electron chi connectivity index (χ3n) is 8.42. The minimum atomic E-state index is -5.72. The van der Waals surface area contributed by atoms with Crippen LogP contribution in [0.1, 0.15) is 60.3 Å². The number of aliphatic carboxylic acids is 1. The number of hydrogen-bond acceptors (Lipinski definition) is 18. The molecule has 7 unspecified atom stereocenters. The first-order valence-electron chi connectivity index (χ1n) is 17.3. The van der Waals surface area contributed by atoms with Crippen molar-refractivity contribution < 1.29 is 81.8 Å². The van der Waals surface area contributed by atoms with Crippen LogP contribution in [0.5, 0.6) is 0 Å². The van der Waals surface area contributed by atoms with E-state index in [4.69, 9.17) is 49.9 Å². The predicted molar refractivity (Wildman–Crippen MR) is 185 cm³/mol. The number of hydrogen-bond donors (Lipinski definition) is 7. The Hall–Kier alpha value is -3.31. The maximum Gasteiger partial charge on any atom is 0.404 e. The van der Waals surface area contributed by atoms with Crippen LogP contribution in [0.3, 0.4) is 0 Å². The van der Waals surface area contributed by atoms with Crippen LogP contribution in [-0.4, -0.2) is 126 Å². The lowest BCUT2D eigenvalue weighted by atomic mass is 9.94. The van der Waals surface area contributed by atoms with E-state index in [1.807, 2.05) is 27.7 Å². The van der Waals surface area contributed by atoms with Gasteiger partial charge < -0.3 is 80.8 Å². The molecule has 22 heteroatoms. The molecule has 21 nitrogen and oxygen atoms in total. The molecule has 0 aromatic heterocycles. The summed E-state index contributed by atoms with van der Waals surface area (Å²) in [4.78, 5) is 60.9. The van der Waals surface area contributed by atoms with Crippen molar-refractivity contribution in [2.24, 2.45) is 17.2 Å². The molecule has 0 saturated carbocycles. The summed E-state index contributed by atoms with van der Waals surface area (Å²) in [6.07, 6.45) is -10.2. The summed E-state index contributed by atoms with van der Waals surface area (Å²) in [5.41, 5.74) is 19.9. The zero-order valence-corrected chi connectivity index (χ0v) is 32.2. The average molecular weight is 809 g/mol. The number of nitrogens with two attached hydrogens (primary N) is 3. The molecule has 0 aromatic rings. The van der Waals surface area contributed by atoms with Gasteiger partial charge >= 0.3 is 6.09 Å². The minimum absolute atomic E-state index is 0.254. The highest BCUT2D eigenvalue weighted by Crippen LogP contribution is 2.44. The molecule has 0 bridgehead atoms. The van der Waals surface area contributed by atoms with Crippen LogP contribution < -0.4 is 32.5 Å². The number of nitrogens with one attached hydrogen (secondary N) is 1. The van der Waals surface area contributed by atoms with Gasteiger partial charge in [-0.3, -0.25) is 18.7 Å². The molecular formula is C33H53N4O17P-2. The third kappa shape index (κ3) is 15.6. The van der Waals surface area contributed by atoms with Crippen molar-refractivity contribution in [1.82, 2.24) is 5.32 Å². The Kier molecular flexibility index (Phi) is 19.5. The van der Waals surface area contributed by atoms with Gasteiger partial charge in [0.15, 0.2) is 30.9 Å². The van der Waals surface area contributed by atoms with E-state index >= 15 is 0 Å². The SMILES string of the molecule is CC(=O)NC1[C@H](O[C@@H]2C(OP(=O)([O-])OCC(OC/C=C(/C)CC/C=C(\C)CCC=C(C)C)C(=O)[O-])OC(C(N)=O)C(O)[C@@H]2OC(N)=O)OC(CO)[C@@H](O)[C@@H]1N. The first-order chi connectivity index (χ1) is 25.7. The highest BCUT2D eigenvalue weighted by atomic mass is 31.2. The molecule has 3 amide bonds. The summed E-state index contributed by atoms with van der Waals surface area (Å²) in [6.45, 7) is 6.73. The number of phosphoric acid groups is 1. The second-order valence-electron chi connectivity index (χ2n) is 13.3. The average Bonchev–Trinajstić information content (AvgIpc) is 3.07. The van der Waals surface area contributed by atoms with E-state index in [2.05, 4.69) is 17.5 Å². The van der Waals surface area contributed by atoms with Crippen molar-refractivity contribution in [2.45, 2.75) is 128 Å². The van der Waals surface area contributed by atoms with E-state index in [1.54, 1.807) is 6.08 Å². The quantitative estimate of drug-likeness (QED) is 0.0461. The summed E-state index contributed by atoms with van der Waals surface area (Å²) >= 11 is 0. The van der Waals surface area contributed by atoms with Crippen LogP contribution in [0, 0.1) is 0 Å². The second kappa shape index (κ2) is 22.4. The van der Waals surface area contributed by atoms with Crippen molar-refractivity contribution in [1.29, 1.82) is 0 Å². The highest BCUT2D eigenvalue weighted by molar-refractivity contribution is 7.45. The van der Waals surface area contributed by atoms with Gasteiger partial charge in [-0.25, -0.2) is 4.79 Å². The normalized spacial score (nSPS) is 30.4. The number of carbonyl (C=O) groups excluding carboxylic acids is 4. The van der Waals surface area contributed by atoms with Crippen LogP contribution in [-0.2, 0) is 51.7 Å². The molecule has 0 aromatic carbocycles. The summed E-state index contributed by atoms with van der Waals surface area (Å²) in [7, 11) is -5.72. The minimum Gasteiger partial charge on any atom is -0.756 e. The molecule has 2 aliphatic heterocycles. The number of allylic oxidation sites excluding steroid dienone is 5. The fourth-order valence-electron chi connectivity index (χ4n) is 5.50. The van der Waals surface area contributed by atoms with Gasteiger partial charge in [0.1, 0.15) is 18.3 Å². The fourth-order valence-corrected chi connectivity index (χ4v) is 6.31. The molecule has 2 fully saturated rings. The largest absolute Gasteiger partial charge is 0.756 e. The number of carbonyl (C=O) groups is 4. The van der Waals surface area contributed by atoms with E-state index in [0.717, 1.165) is 31.8 Å². The van der Waals surface area contributed by atoms with Gasteiger partial charge in [-0.1, -0.05) is 34.9 Å². The molecule has 2 aliphatic rings. The Morgan fingerprint density at radius 3 is 2.09 bits per heavy atom. The number of aliphatic hydroxyl groups excluding tert-OH is 3. The maximum atomic E-state index is 13.1. The van der Waals surface area contributed by atoms with E-state index in [9.17, 15) is 49.1 Å². The molecule has 2 saturated heterocycles. The number of primary amides is 2. The summed E-state index contributed by atoms with van der Waals surface area (Å²) in [5.74, 6) is -3.94. The zero-order valence-electron chi connectivity index (χ0n) is 31.3. The molecule has 10 N–H and O–H groups in total. The lowest BCUT2D eigenvalue weighted by Gasteiger charge is -2.48. The van der Waals surface area contributed by atoms with Crippen molar-refractivity contribution in [3.05, 3.63) is 34.9 Å². The van der Waals surface area contributed by atoms with Crippen LogP contribution in [0.25, 0.3) is 0 Å². The first kappa shape index (κ1) is 47.8. The summed E-state index contributed by atoms with van der Waals surface area (Å²) in [5, 5.41) is 45.2. The lowest BCUT2D eigenvalue weighted by molar-refractivity contribution is -0.341. The van der Waals surface area contributed by atoms with Gasteiger partial charge in [0, 0.05) is 6.92 Å². The number of phosphoric ester groups is 1. The molecule has 2 heterocycles. The molecule has 55 heavy (non-hydrogen) atoms. The first-order valence-corrected chi connectivity index (χ1v) is 18.8. The molecule has 12 atom stereocenters. The maximum absolute atomic E-state index is 13.1. The number of rotatable bonds is 21. The summed E-state index contributed by atoms with van der Waals surface area (Å²) in [6, 6.07) is -2.83. The van der Waals surface area contributed by atoms with Crippen molar-refractivity contribution >= 4 is 31.7 Å². The number of carboxylic acid groups (broad SMARTS) is 1. The predicted octanol–water partition coefficient (Wildman–Crippen LogP) is -2.63. The van der Waals surface area contributed by atoms with Gasteiger partial charge in [-0.15, -0.1) is 0 Å². The van der Waals surface area contributed by atoms with E-state index < -0.39 is 112 Å². The van der Waals surface area contributed by atoms with E-state index in [0.29, 0.717) is 6.42 Å². The van der Waals surface area contributed by atoms with Crippen LogP contribution in [0.4, 0.5) is 4.79 Å². The van der Waals surface area contributed by atoms with Crippen molar-refractivity contribution in [2.75, 3.05) is 19.8 Å². The van der Waals surface area contributed by atoms with Gasteiger partial charge in [0.25, 0.3) is 7.82 Å². The van der Waals surface area contributed by atoms with Crippen molar-refractivity contribution in [3.63, 3.8) is 0 Å². The van der Waals surface area contributed by atoms with Gasteiger partial charge in [-0.2, -0.15) is 0 Å². The topological polar surface area (TPSA) is 347 Å². The Morgan fingerprint density at radius 1 is 0.927 bits per heavy atom. The van der Waals surface area contributed by atoms with Crippen molar-refractivity contribution in [3.8, 4) is 0 Å². The van der Waals surface area contributed by atoms with Crippen LogP contribution in [0.15, 0.2) is 34.9 Å². The molecule has 0 radical (unpaired) electrons. The Bertz CT molecular complexity index is 1460. The second-order valence-corrected chi connectivity index (χ2v) is 14.7. The monoisotopic (exact) mass is 808 g/mol. The molecule has 0 aliphatic carbocycles. The lowest BCUT2D eigenvalue weighted by Crippen LogP contribution is -2.70. The number of carboxylic acids is 1. The van der Waals surface area contributed by atoms with Crippen LogP contribution >= 0.6 is 7.82 Å². The van der Waals surface area contributed by atoms with Crippen LogP contribution in [0.2, 0.25) is 0 Å². The number of ether oxygens (including phenoxy) is 5. The van der Waals surface area contributed by atoms with E-state index in [1.165, 1.54) is 11.1 Å². The van der Waals surface area contributed by atoms with Gasteiger partial charge in [0.05, 0.1) is 44.0 Å². The van der Waals surface area contributed by atoms with Gasteiger partial charge in [-0.05, 0) is 53.4 Å². The van der Waals surface area contributed by atoms with E-state index in [-0.39, 0.29) is 6.61 Å². The third-order valence-corrected chi connectivity index (χ3v) is 9.35. The molecule has 2 rings (SSSR count). The zero-order chi connectivity index (χ0) is 41.6. The number of amides is 3. The molecular weight excluding hydrogens is 755 g/mol. The molecule has 314 valence electrons. The Balaban J connectivity index is 2.25. The number of aliphatic hydroxyl groups is 3. The standard InChI is InChI=1S/C33H55N4O17P/c1-16(2)8-6-9-17(3)10-7-11-18(4)12-13-48-21(30(43)44)15-49-55(46,47)54-32-28(26(53-33(36)45)25(41)27(51-32)29(35)42)52-31-23(37-19(5)39)22(34)24(40)20(14-38)50-31/h8,10,12,20-28,31-32,38,40-41H,6-7,9,11,13-15,34H2,1-5H3,(H2,35,42)(H2,36,45)(H,37,39)(H,43,44)(H,46,47)/p-2/b17-10+,18-12-/t20?,21?,22-,23?,24-,25?,26+,27?,28+,31+,32?/m1/s1. The molecule has 0 spiro atoms. The summed E-state index contributed by atoms with van der Waals surface area (Å²) < 4.78 is 49.6. The highest BCUT2D eigenvalue weighted by Gasteiger charge is 2.55. The Morgan fingerprint density at radius 2 is 1.55 bits per heavy atom. The Labute approximate surface area is 318 Å². The fraction of sp³-hybridized carbons (Fsp3) is 0.697. The van der Waals surface area contributed by atoms with Gasteiger partial charge in [0.2, 0.25) is 11.8 Å².